The summed E-state index contributed by atoms with van der Waals surface area (Å²) in [6, 6.07) is 0. The molecule has 4 amide bonds. The molecule has 1 unspecified atom stereocenters. The minimum absolute atomic E-state index is 0.0998. The maximum Gasteiger partial charge on any atom is 0.286 e. The van der Waals surface area contributed by atoms with Crippen LogP contribution in [0.3, 0.4) is 0 Å². The lowest BCUT2D eigenvalue weighted by Crippen LogP contribution is -2.44. The number of hydrazine groups is 1. The molecule has 1 saturated heterocycles. The Kier molecular flexibility index (Phi) is 4.30. The number of carbonyl (C=O) groups is 4. The van der Waals surface area contributed by atoms with E-state index in [2.05, 4.69) is 26.3 Å². The highest BCUT2D eigenvalue weighted by Crippen LogP contribution is 2.21. The van der Waals surface area contributed by atoms with Gasteiger partial charge in [0.2, 0.25) is 11.8 Å². The Morgan fingerprint density at radius 1 is 1.35 bits per heavy atom. The van der Waals surface area contributed by atoms with E-state index in [1.165, 1.54) is 17.3 Å². The number of thioether (sulfide) groups is 1. The molecule has 2 heterocycles. The van der Waals surface area contributed by atoms with Gasteiger partial charge in [-0.25, -0.2) is 9.67 Å². The number of nitrogens with zero attached hydrogens (tertiary/aromatic N) is 3. The van der Waals surface area contributed by atoms with Crippen LogP contribution in [0.15, 0.2) is 12.7 Å². The summed E-state index contributed by atoms with van der Waals surface area (Å²) in [6.45, 7) is -0.0998. The van der Waals surface area contributed by atoms with Crippen LogP contribution in [0.4, 0.5) is 4.79 Å². The second-order valence-corrected chi connectivity index (χ2v) is 4.95. The smallest absolute Gasteiger partial charge is 0.286 e. The molecule has 1 aromatic heterocycles. The average molecular weight is 298 g/mol. The first-order valence-electron chi connectivity index (χ1n) is 5.46. The first kappa shape index (κ1) is 14.0. The van der Waals surface area contributed by atoms with Crippen molar-refractivity contribution in [2.24, 2.45) is 0 Å². The van der Waals surface area contributed by atoms with Gasteiger partial charge in [0, 0.05) is 6.42 Å². The lowest BCUT2D eigenvalue weighted by Gasteiger charge is -2.08. The Bertz CT molecular complexity index is 545. The van der Waals surface area contributed by atoms with E-state index in [1.807, 2.05) is 0 Å². The summed E-state index contributed by atoms with van der Waals surface area (Å²) in [5.41, 5.74) is 4.32. The van der Waals surface area contributed by atoms with Crippen LogP contribution in [0.5, 0.6) is 0 Å². The second-order valence-electron chi connectivity index (χ2n) is 3.78. The highest BCUT2D eigenvalue weighted by Gasteiger charge is 2.33. The van der Waals surface area contributed by atoms with Gasteiger partial charge in [-0.2, -0.15) is 5.10 Å². The van der Waals surface area contributed by atoms with Crippen LogP contribution >= 0.6 is 11.8 Å². The lowest BCUT2D eigenvalue weighted by molar-refractivity contribution is -0.130. The normalized spacial score (nSPS) is 17.7. The van der Waals surface area contributed by atoms with Gasteiger partial charge in [-0.05, 0) is 0 Å². The van der Waals surface area contributed by atoms with Gasteiger partial charge in [0.05, 0.1) is 0 Å². The maximum absolute atomic E-state index is 11.5. The van der Waals surface area contributed by atoms with E-state index in [0.717, 1.165) is 11.8 Å². The predicted octanol–water partition coefficient (Wildman–Crippen LogP) is -1.83. The first-order chi connectivity index (χ1) is 9.54. The molecule has 0 aliphatic carbocycles. The van der Waals surface area contributed by atoms with Gasteiger partial charge in [0.25, 0.3) is 11.1 Å². The molecule has 0 saturated carbocycles. The van der Waals surface area contributed by atoms with E-state index >= 15 is 0 Å². The molecule has 1 aliphatic heterocycles. The monoisotopic (exact) mass is 298 g/mol. The molecule has 3 N–H and O–H groups in total. The summed E-state index contributed by atoms with van der Waals surface area (Å²) >= 11 is 0.745. The molecule has 0 spiro atoms. The summed E-state index contributed by atoms with van der Waals surface area (Å²) in [5.74, 6) is -1.58. The Morgan fingerprint density at radius 2 is 2.10 bits per heavy atom. The number of carbonyl (C=O) groups excluding carboxylic acids is 4. The second kappa shape index (κ2) is 6.14. The number of hydrogen-bond acceptors (Lipinski definition) is 7. The third kappa shape index (κ3) is 3.78. The van der Waals surface area contributed by atoms with Gasteiger partial charge in [0.1, 0.15) is 24.4 Å². The molecule has 1 aromatic rings. The molecule has 0 bridgehead atoms. The van der Waals surface area contributed by atoms with Crippen molar-refractivity contribution in [2.45, 2.75) is 18.2 Å². The summed E-state index contributed by atoms with van der Waals surface area (Å²) < 4.78 is 1.28. The van der Waals surface area contributed by atoms with E-state index in [-0.39, 0.29) is 13.0 Å². The standard InChI is InChI=1S/C9H10N6O4S/c16-6(1-5-8(18)12-9(19)20-5)13-14-7(17)2-15-4-10-3-11-15/h3-5H,1-2H2,(H,13,16)(H,14,17)(H,12,18,19). The van der Waals surface area contributed by atoms with Crippen LogP contribution in [-0.2, 0) is 20.9 Å². The SMILES string of the molecule is O=C(CC1SC(=O)NC1=O)NNC(=O)Cn1cncn1. The highest BCUT2D eigenvalue weighted by molar-refractivity contribution is 8.15. The molecule has 0 aromatic carbocycles. The zero-order valence-electron chi connectivity index (χ0n) is 10.0. The van der Waals surface area contributed by atoms with Crippen molar-refractivity contribution in [2.75, 3.05) is 0 Å². The molecule has 0 radical (unpaired) electrons. The summed E-state index contributed by atoms with van der Waals surface area (Å²) in [7, 11) is 0. The number of hydrogen-bond donors (Lipinski definition) is 3. The van der Waals surface area contributed by atoms with Gasteiger partial charge in [-0.15, -0.1) is 0 Å². The lowest BCUT2D eigenvalue weighted by atomic mass is 10.3. The van der Waals surface area contributed by atoms with Crippen molar-refractivity contribution in [3.63, 3.8) is 0 Å². The van der Waals surface area contributed by atoms with E-state index in [4.69, 9.17) is 0 Å². The van der Waals surface area contributed by atoms with Crippen LogP contribution < -0.4 is 16.2 Å². The fourth-order valence-electron chi connectivity index (χ4n) is 1.39. The van der Waals surface area contributed by atoms with Crippen LogP contribution in [0.1, 0.15) is 6.42 Å². The number of nitrogens with one attached hydrogen (secondary N) is 3. The number of aromatic nitrogens is 3. The maximum atomic E-state index is 11.5. The van der Waals surface area contributed by atoms with Crippen molar-refractivity contribution in [1.82, 2.24) is 30.9 Å². The molecule has 1 atom stereocenters. The van der Waals surface area contributed by atoms with Crippen LogP contribution in [-0.4, -0.2) is 43.0 Å². The van der Waals surface area contributed by atoms with Crippen molar-refractivity contribution in [3.8, 4) is 0 Å². The Morgan fingerprint density at radius 3 is 2.70 bits per heavy atom. The zero-order chi connectivity index (χ0) is 14.5. The quantitative estimate of drug-likeness (QED) is 0.556. The number of rotatable bonds is 4. The number of amides is 4. The largest absolute Gasteiger partial charge is 0.286 e. The van der Waals surface area contributed by atoms with E-state index < -0.39 is 28.2 Å². The van der Waals surface area contributed by atoms with Crippen LogP contribution in [0, 0.1) is 0 Å². The molecular formula is C9H10N6O4S. The molecule has 1 aliphatic rings. The minimum Gasteiger partial charge on any atom is -0.286 e. The number of imide groups is 1. The third-order valence-electron chi connectivity index (χ3n) is 2.25. The topological polar surface area (TPSA) is 135 Å². The Labute approximate surface area is 116 Å². The Balaban J connectivity index is 1.71. The Hall–Kier alpha value is -2.43. The van der Waals surface area contributed by atoms with Crippen molar-refractivity contribution in [3.05, 3.63) is 12.7 Å². The summed E-state index contributed by atoms with van der Waals surface area (Å²) in [4.78, 5) is 48.7. The van der Waals surface area contributed by atoms with Crippen molar-refractivity contribution >= 4 is 34.7 Å². The fourth-order valence-corrected chi connectivity index (χ4v) is 2.21. The third-order valence-corrected chi connectivity index (χ3v) is 3.23. The van der Waals surface area contributed by atoms with E-state index in [9.17, 15) is 19.2 Å². The van der Waals surface area contributed by atoms with Gasteiger partial charge in [-0.3, -0.25) is 35.3 Å². The molecule has 1 fully saturated rings. The molecule has 11 heteroatoms. The van der Waals surface area contributed by atoms with Crippen molar-refractivity contribution in [1.29, 1.82) is 0 Å². The highest BCUT2D eigenvalue weighted by atomic mass is 32.2. The molecule has 106 valence electrons. The van der Waals surface area contributed by atoms with E-state index in [1.54, 1.807) is 0 Å². The van der Waals surface area contributed by atoms with E-state index in [0.29, 0.717) is 0 Å². The zero-order valence-corrected chi connectivity index (χ0v) is 10.8. The van der Waals surface area contributed by atoms with Gasteiger partial charge >= 0.3 is 0 Å². The van der Waals surface area contributed by atoms with Crippen LogP contribution in [0.25, 0.3) is 0 Å². The van der Waals surface area contributed by atoms with Gasteiger partial charge in [-0.1, -0.05) is 11.8 Å². The van der Waals surface area contributed by atoms with Gasteiger partial charge < -0.3 is 0 Å². The molecule has 2 rings (SSSR count). The predicted molar refractivity (Wildman–Crippen MR) is 65.8 cm³/mol. The summed E-state index contributed by atoms with van der Waals surface area (Å²) in [6.07, 6.45) is 2.43. The van der Waals surface area contributed by atoms with Crippen molar-refractivity contribution < 1.29 is 19.2 Å². The molecular weight excluding hydrogens is 288 g/mol. The minimum atomic E-state index is -0.769. The fraction of sp³-hybridized carbons (Fsp3) is 0.333. The first-order valence-corrected chi connectivity index (χ1v) is 6.34. The average Bonchev–Trinajstić information content (AvgIpc) is 2.98. The van der Waals surface area contributed by atoms with Crippen LogP contribution in [0.2, 0.25) is 0 Å². The summed E-state index contributed by atoms with van der Waals surface area (Å²) in [5, 5.41) is 4.54. The van der Waals surface area contributed by atoms with Gasteiger partial charge in [0.15, 0.2) is 0 Å². The molecule has 20 heavy (non-hydrogen) atoms. The molecule has 10 nitrogen and oxygen atoms in total.